The van der Waals surface area contributed by atoms with Crippen LogP contribution in [0.1, 0.15) is 23.5 Å². The number of para-hydroxylation sites is 1. The molecule has 25 heavy (non-hydrogen) atoms. The van der Waals surface area contributed by atoms with Gasteiger partial charge in [0.15, 0.2) is 0 Å². The summed E-state index contributed by atoms with van der Waals surface area (Å²) in [6.07, 6.45) is 3.10. The van der Waals surface area contributed by atoms with Crippen LogP contribution in [0.5, 0.6) is 5.75 Å². The molecule has 0 saturated heterocycles. The molecule has 3 heteroatoms. The zero-order valence-corrected chi connectivity index (χ0v) is 15.7. The minimum Gasteiger partial charge on any atom is -0.479 e. The zero-order valence-electron chi connectivity index (χ0n) is 14.1. The van der Waals surface area contributed by atoms with Gasteiger partial charge in [-0.05, 0) is 42.2 Å². The molecule has 0 aliphatic carbocycles. The Kier molecular flexibility index (Phi) is 5.04. The third kappa shape index (κ3) is 3.73. The van der Waals surface area contributed by atoms with Crippen LogP contribution < -0.4 is 4.74 Å². The minimum absolute atomic E-state index is 0.127. The van der Waals surface area contributed by atoms with Crippen LogP contribution >= 0.6 is 23.5 Å². The second-order valence-electron chi connectivity index (χ2n) is 6.08. The normalized spacial score (nSPS) is 19.1. The Hall–Kier alpha value is -1.84. The molecule has 0 unspecified atom stereocenters. The van der Waals surface area contributed by atoms with Crippen molar-refractivity contribution in [2.75, 3.05) is 6.26 Å². The number of thioether (sulfide) groups is 2. The Morgan fingerprint density at radius 1 is 0.800 bits per heavy atom. The molecule has 3 aromatic carbocycles. The molecule has 1 nitrogen and oxygen atoms in total. The van der Waals surface area contributed by atoms with Crippen LogP contribution in [-0.4, -0.2) is 11.7 Å². The van der Waals surface area contributed by atoms with Gasteiger partial charge in [0.25, 0.3) is 0 Å². The van der Waals surface area contributed by atoms with Gasteiger partial charge in [-0.1, -0.05) is 60.3 Å². The Morgan fingerprint density at radius 2 is 1.52 bits per heavy atom. The SMILES string of the molecule is CSc1ccc([C@@H]2C[C@H](Sc3ccccc3)Oc3ccccc32)cc1. The van der Waals surface area contributed by atoms with E-state index in [4.69, 9.17) is 4.74 Å². The van der Waals surface area contributed by atoms with Crippen molar-refractivity contribution in [1.82, 2.24) is 0 Å². The van der Waals surface area contributed by atoms with Crippen LogP contribution in [-0.2, 0) is 0 Å². The van der Waals surface area contributed by atoms with E-state index in [1.165, 1.54) is 20.9 Å². The maximum absolute atomic E-state index is 6.29. The van der Waals surface area contributed by atoms with Gasteiger partial charge in [-0.2, -0.15) is 0 Å². The fourth-order valence-electron chi connectivity index (χ4n) is 3.26. The van der Waals surface area contributed by atoms with Crippen molar-refractivity contribution >= 4 is 23.5 Å². The van der Waals surface area contributed by atoms with Crippen LogP contribution in [0.2, 0.25) is 0 Å². The molecule has 1 aliphatic heterocycles. The summed E-state index contributed by atoms with van der Waals surface area (Å²) >= 11 is 3.59. The zero-order chi connectivity index (χ0) is 17.1. The number of rotatable bonds is 4. The van der Waals surface area contributed by atoms with E-state index < -0.39 is 0 Å². The molecule has 0 amide bonds. The summed E-state index contributed by atoms with van der Waals surface area (Å²) in [6, 6.07) is 27.9. The van der Waals surface area contributed by atoms with Crippen molar-refractivity contribution in [2.45, 2.75) is 27.6 Å². The number of ether oxygens (including phenoxy) is 1. The van der Waals surface area contributed by atoms with E-state index in [0.29, 0.717) is 5.92 Å². The molecule has 0 fully saturated rings. The lowest BCUT2D eigenvalue weighted by Gasteiger charge is -2.32. The smallest absolute Gasteiger partial charge is 0.149 e. The highest BCUT2D eigenvalue weighted by Crippen LogP contribution is 2.44. The first-order chi connectivity index (χ1) is 12.3. The van der Waals surface area contributed by atoms with E-state index in [2.05, 4.69) is 85.1 Å². The maximum atomic E-state index is 6.29. The Bertz CT molecular complexity index is 830. The number of hydrogen-bond acceptors (Lipinski definition) is 3. The van der Waals surface area contributed by atoms with Gasteiger partial charge in [0, 0.05) is 27.7 Å². The highest BCUT2D eigenvalue weighted by Gasteiger charge is 2.29. The summed E-state index contributed by atoms with van der Waals surface area (Å²) in [5.74, 6) is 1.39. The molecule has 2 atom stereocenters. The van der Waals surface area contributed by atoms with Crippen LogP contribution in [0.15, 0.2) is 88.7 Å². The molecule has 126 valence electrons. The van der Waals surface area contributed by atoms with Crippen molar-refractivity contribution in [1.29, 1.82) is 0 Å². The van der Waals surface area contributed by atoms with Gasteiger partial charge < -0.3 is 4.74 Å². The molecule has 0 aromatic heterocycles. The van der Waals surface area contributed by atoms with Crippen molar-refractivity contribution in [3.8, 4) is 5.75 Å². The van der Waals surface area contributed by atoms with Crippen molar-refractivity contribution in [2.24, 2.45) is 0 Å². The summed E-state index contributed by atoms with van der Waals surface area (Å²) in [5, 5.41) is 0. The van der Waals surface area contributed by atoms with Gasteiger partial charge in [-0.15, -0.1) is 11.8 Å². The Morgan fingerprint density at radius 3 is 2.28 bits per heavy atom. The minimum atomic E-state index is 0.127. The second kappa shape index (κ2) is 7.59. The van der Waals surface area contributed by atoms with Crippen molar-refractivity contribution < 1.29 is 4.74 Å². The van der Waals surface area contributed by atoms with Gasteiger partial charge >= 0.3 is 0 Å². The summed E-state index contributed by atoms with van der Waals surface area (Å²) in [7, 11) is 0. The predicted molar refractivity (Wildman–Crippen MR) is 108 cm³/mol. The molecule has 0 spiro atoms. The van der Waals surface area contributed by atoms with E-state index in [1.54, 1.807) is 11.8 Å². The van der Waals surface area contributed by atoms with Gasteiger partial charge in [0.05, 0.1) is 0 Å². The van der Waals surface area contributed by atoms with Crippen LogP contribution in [0.3, 0.4) is 0 Å². The molecular weight excluding hydrogens is 344 g/mol. The third-order valence-corrected chi connectivity index (χ3v) is 6.35. The fourth-order valence-corrected chi connectivity index (χ4v) is 4.73. The van der Waals surface area contributed by atoms with Gasteiger partial charge in [-0.25, -0.2) is 0 Å². The molecule has 3 aromatic rings. The third-order valence-electron chi connectivity index (χ3n) is 4.51. The first kappa shape index (κ1) is 16.6. The largest absolute Gasteiger partial charge is 0.479 e. The van der Waals surface area contributed by atoms with Crippen molar-refractivity contribution in [3.05, 3.63) is 90.0 Å². The molecule has 0 bridgehead atoms. The molecule has 4 rings (SSSR count). The summed E-state index contributed by atoms with van der Waals surface area (Å²) in [5.41, 5.74) is 2.79. The Balaban J connectivity index is 1.64. The van der Waals surface area contributed by atoms with Crippen LogP contribution in [0, 0.1) is 0 Å². The number of benzene rings is 3. The van der Waals surface area contributed by atoms with E-state index in [0.717, 1.165) is 12.2 Å². The monoisotopic (exact) mass is 364 g/mol. The number of hydrogen-bond donors (Lipinski definition) is 0. The number of fused-ring (bicyclic) bond motifs is 1. The quantitative estimate of drug-likeness (QED) is 0.493. The highest BCUT2D eigenvalue weighted by atomic mass is 32.2. The van der Waals surface area contributed by atoms with Gasteiger partial charge in [0.2, 0.25) is 0 Å². The van der Waals surface area contributed by atoms with E-state index in [-0.39, 0.29) is 5.44 Å². The maximum Gasteiger partial charge on any atom is 0.149 e. The van der Waals surface area contributed by atoms with Crippen LogP contribution in [0.25, 0.3) is 0 Å². The van der Waals surface area contributed by atoms with E-state index in [9.17, 15) is 0 Å². The highest BCUT2D eigenvalue weighted by molar-refractivity contribution is 7.99. The standard InChI is InChI=1S/C22H20OS2/c1-24-17-13-11-16(12-14-17)20-15-22(25-18-7-3-2-4-8-18)23-21-10-6-5-9-19(20)21/h2-14,20,22H,15H2,1H3/t20-,22-/m0/s1. The molecule has 1 aliphatic rings. The summed E-state index contributed by atoms with van der Waals surface area (Å²) < 4.78 is 6.29. The summed E-state index contributed by atoms with van der Waals surface area (Å²) in [4.78, 5) is 2.56. The lowest BCUT2D eigenvalue weighted by molar-refractivity contribution is 0.245. The molecule has 0 N–H and O–H groups in total. The fraction of sp³-hybridized carbons (Fsp3) is 0.182. The van der Waals surface area contributed by atoms with E-state index in [1.807, 2.05) is 11.8 Å². The lowest BCUT2D eigenvalue weighted by Crippen LogP contribution is -2.23. The van der Waals surface area contributed by atoms with Gasteiger partial charge in [0.1, 0.15) is 11.2 Å². The molecule has 0 saturated carbocycles. The topological polar surface area (TPSA) is 9.23 Å². The summed E-state index contributed by atoms with van der Waals surface area (Å²) in [6.45, 7) is 0. The average molecular weight is 365 g/mol. The lowest BCUT2D eigenvalue weighted by atomic mass is 9.87. The van der Waals surface area contributed by atoms with Crippen molar-refractivity contribution in [3.63, 3.8) is 0 Å². The first-order valence-corrected chi connectivity index (χ1v) is 10.5. The Labute approximate surface area is 157 Å². The molecule has 0 radical (unpaired) electrons. The predicted octanol–water partition coefficient (Wildman–Crippen LogP) is 6.44. The van der Waals surface area contributed by atoms with Crippen LogP contribution in [0.4, 0.5) is 0 Å². The second-order valence-corrected chi connectivity index (χ2v) is 8.19. The van der Waals surface area contributed by atoms with E-state index >= 15 is 0 Å². The first-order valence-electron chi connectivity index (χ1n) is 8.45. The molecule has 1 heterocycles. The van der Waals surface area contributed by atoms with Gasteiger partial charge in [-0.3, -0.25) is 0 Å². The molecular formula is C22H20OS2. The average Bonchev–Trinajstić information content (AvgIpc) is 2.68.